The number of benzene rings is 2. The quantitative estimate of drug-likeness (QED) is 0.859. The Labute approximate surface area is 121 Å². The number of nitrogens with one attached hydrogen (secondary N) is 1. The average molecular weight is 291 g/mol. The summed E-state index contributed by atoms with van der Waals surface area (Å²) in [7, 11) is 1.33. The number of carbonyl (C=O) groups is 1. The highest BCUT2D eigenvalue weighted by atomic mass is 19.1. The maximum Gasteiger partial charge on any atom is 0.309 e. The third-order valence-electron chi connectivity index (χ3n) is 3.03. The molecule has 0 aliphatic carbocycles. The van der Waals surface area contributed by atoms with Crippen molar-refractivity contribution in [2.45, 2.75) is 13.0 Å². The molecule has 2 aromatic rings. The summed E-state index contributed by atoms with van der Waals surface area (Å²) >= 11 is 0. The van der Waals surface area contributed by atoms with Gasteiger partial charge in [-0.05, 0) is 23.3 Å². The van der Waals surface area contributed by atoms with Gasteiger partial charge in [-0.3, -0.25) is 4.79 Å². The highest BCUT2D eigenvalue weighted by Crippen LogP contribution is 2.16. The Hall–Kier alpha value is -2.43. The lowest BCUT2D eigenvalue weighted by atomic mass is 10.0. The van der Waals surface area contributed by atoms with E-state index in [1.54, 1.807) is 0 Å². The van der Waals surface area contributed by atoms with Crippen molar-refractivity contribution in [2.24, 2.45) is 0 Å². The van der Waals surface area contributed by atoms with Gasteiger partial charge >= 0.3 is 5.97 Å². The fourth-order valence-electron chi connectivity index (χ4n) is 1.98. The number of methoxy groups -OCH3 is 1. The molecule has 0 atom stereocenters. The van der Waals surface area contributed by atoms with Gasteiger partial charge in [-0.2, -0.15) is 0 Å². The molecule has 0 fully saturated rings. The van der Waals surface area contributed by atoms with Crippen LogP contribution in [0.4, 0.5) is 14.5 Å². The van der Waals surface area contributed by atoms with E-state index in [0.717, 1.165) is 17.2 Å². The first-order chi connectivity index (χ1) is 10.1. The fourth-order valence-corrected chi connectivity index (χ4v) is 1.98. The van der Waals surface area contributed by atoms with Crippen molar-refractivity contribution in [3.63, 3.8) is 0 Å². The lowest BCUT2D eigenvalue weighted by Crippen LogP contribution is -2.09. The molecule has 0 heterocycles. The molecule has 0 saturated heterocycles. The molecule has 110 valence electrons. The van der Waals surface area contributed by atoms with Gasteiger partial charge in [-0.15, -0.1) is 0 Å². The van der Waals surface area contributed by atoms with E-state index in [1.165, 1.54) is 19.2 Å². The van der Waals surface area contributed by atoms with E-state index >= 15 is 0 Å². The van der Waals surface area contributed by atoms with Crippen LogP contribution in [0.1, 0.15) is 11.1 Å². The van der Waals surface area contributed by atoms with E-state index in [9.17, 15) is 13.6 Å². The normalized spacial score (nSPS) is 10.2. The summed E-state index contributed by atoms with van der Waals surface area (Å²) in [5.41, 5.74) is 2.03. The predicted octanol–water partition coefficient (Wildman–Crippen LogP) is 3.29. The molecule has 0 saturated carbocycles. The maximum atomic E-state index is 13.1. The van der Waals surface area contributed by atoms with Crippen molar-refractivity contribution in [1.29, 1.82) is 0 Å². The molecule has 0 aromatic heterocycles. The zero-order chi connectivity index (χ0) is 15.2. The van der Waals surface area contributed by atoms with E-state index in [-0.39, 0.29) is 12.4 Å². The van der Waals surface area contributed by atoms with E-state index in [1.807, 2.05) is 24.3 Å². The molecule has 2 rings (SSSR count). The minimum atomic E-state index is -0.639. The molecule has 0 unspecified atom stereocenters. The molecular formula is C16H15F2NO2. The summed E-state index contributed by atoms with van der Waals surface area (Å²) in [6, 6.07) is 10.6. The summed E-state index contributed by atoms with van der Waals surface area (Å²) in [6.45, 7) is 0.357. The number of carbonyl (C=O) groups excluding carboxylic acids is 1. The third-order valence-corrected chi connectivity index (χ3v) is 3.03. The number of anilines is 1. The van der Waals surface area contributed by atoms with Gasteiger partial charge in [0.05, 0.1) is 13.5 Å². The van der Waals surface area contributed by atoms with Crippen LogP contribution in [0.15, 0.2) is 42.5 Å². The smallest absolute Gasteiger partial charge is 0.309 e. The molecule has 2 aromatic carbocycles. The fraction of sp³-hybridized carbons (Fsp3) is 0.188. The lowest BCUT2D eigenvalue weighted by Gasteiger charge is -2.11. The number of hydrogen-bond donors (Lipinski definition) is 1. The Balaban J connectivity index is 2.10. The summed E-state index contributed by atoms with van der Waals surface area (Å²) in [6.07, 6.45) is 0.159. The number of halogens is 2. The van der Waals surface area contributed by atoms with E-state index in [0.29, 0.717) is 12.2 Å². The molecule has 5 heteroatoms. The Bertz CT molecular complexity index is 624. The van der Waals surface area contributed by atoms with Crippen LogP contribution in [0.5, 0.6) is 0 Å². The van der Waals surface area contributed by atoms with Crippen molar-refractivity contribution < 1.29 is 18.3 Å². The SMILES string of the molecule is COC(=O)Cc1ccccc1CNc1cc(F)cc(F)c1. The molecule has 0 spiro atoms. The van der Waals surface area contributed by atoms with E-state index in [2.05, 4.69) is 10.1 Å². The van der Waals surface area contributed by atoms with Crippen LogP contribution >= 0.6 is 0 Å². The van der Waals surface area contributed by atoms with Gasteiger partial charge < -0.3 is 10.1 Å². The van der Waals surface area contributed by atoms with Crippen molar-refractivity contribution in [2.75, 3.05) is 12.4 Å². The zero-order valence-corrected chi connectivity index (χ0v) is 11.5. The molecule has 21 heavy (non-hydrogen) atoms. The Morgan fingerprint density at radius 2 is 1.71 bits per heavy atom. The molecule has 0 radical (unpaired) electrons. The molecule has 0 aliphatic rings. The summed E-state index contributed by atoms with van der Waals surface area (Å²) < 4.78 is 30.9. The molecule has 0 aliphatic heterocycles. The van der Waals surface area contributed by atoms with Gasteiger partial charge in [0.2, 0.25) is 0 Å². The molecule has 3 nitrogen and oxygen atoms in total. The van der Waals surface area contributed by atoms with Gasteiger partial charge in [-0.1, -0.05) is 24.3 Å². The minimum Gasteiger partial charge on any atom is -0.469 e. The average Bonchev–Trinajstić information content (AvgIpc) is 2.45. The van der Waals surface area contributed by atoms with Gasteiger partial charge in [0, 0.05) is 18.3 Å². The van der Waals surface area contributed by atoms with E-state index < -0.39 is 11.6 Å². The van der Waals surface area contributed by atoms with Crippen molar-refractivity contribution >= 4 is 11.7 Å². The van der Waals surface area contributed by atoms with Gasteiger partial charge in [0.25, 0.3) is 0 Å². The second-order valence-corrected chi connectivity index (χ2v) is 4.53. The van der Waals surface area contributed by atoms with Crippen LogP contribution in [-0.2, 0) is 22.5 Å². The van der Waals surface area contributed by atoms with Crippen LogP contribution in [-0.4, -0.2) is 13.1 Å². The van der Waals surface area contributed by atoms with Crippen LogP contribution < -0.4 is 5.32 Å². The van der Waals surface area contributed by atoms with Crippen LogP contribution in [0.25, 0.3) is 0 Å². The van der Waals surface area contributed by atoms with E-state index in [4.69, 9.17) is 0 Å². The number of rotatable bonds is 5. The predicted molar refractivity (Wildman–Crippen MR) is 75.8 cm³/mol. The highest BCUT2D eigenvalue weighted by molar-refractivity contribution is 5.72. The summed E-state index contributed by atoms with van der Waals surface area (Å²) in [5, 5.41) is 2.94. The monoisotopic (exact) mass is 291 g/mol. The van der Waals surface area contributed by atoms with Crippen molar-refractivity contribution in [3.05, 3.63) is 65.2 Å². The largest absolute Gasteiger partial charge is 0.469 e. The van der Waals surface area contributed by atoms with Crippen molar-refractivity contribution in [1.82, 2.24) is 0 Å². The lowest BCUT2D eigenvalue weighted by molar-refractivity contribution is -0.139. The first-order valence-electron chi connectivity index (χ1n) is 6.42. The van der Waals surface area contributed by atoms with Crippen molar-refractivity contribution in [3.8, 4) is 0 Å². The first kappa shape index (κ1) is 15.0. The minimum absolute atomic E-state index is 0.159. The van der Waals surface area contributed by atoms with Crippen LogP contribution in [0.2, 0.25) is 0 Å². The van der Waals surface area contributed by atoms with Gasteiger partial charge in [0.15, 0.2) is 0 Å². The standard InChI is InChI=1S/C16H15F2NO2/c1-21-16(20)6-11-4-2-3-5-12(11)10-19-15-8-13(17)7-14(18)9-15/h2-5,7-9,19H,6,10H2,1H3. The summed E-state index contributed by atoms with van der Waals surface area (Å²) in [4.78, 5) is 11.4. The Kier molecular flexibility index (Phi) is 4.87. The second-order valence-electron chi connectivity index (χ2n) is 4.53. The van der Waals surface area contributed by atoms with Crippen LogP contribution in [0.3, 0.4) is 0 Å². The number of esters is 1. The molecule has 1 N–H and O–H groups in total. The van der Waals surface area contributed by atoms with Gasteiger partial charge in [0.1, 0.15) is 11.6 Å². The zero-order valence-electron chi connectivity index (χ0n) is 11.5. The third kappa shape index (κ3) is 4.27. The molecular weight excluding hydrogens is 276 g/mol. The molecule has 0 bridgehead atoms. The number of ether oxygens (including phenoxy) is 1. The van der Waals surface area contributed by atoms with Gasteiger partial charge in [-0.25, -0.2) is 8.78 Å². The highest BCUT2D eigenvalue weighted by Gasteiger charge is 2.08. The number of hydrogen-bond acceptors (Lipinski definition) is 3. The van der Waals surface area contributed by atoms with Crippen LogP contribution in [0, 0.1) is 11.6 Å². The molecule has 0 amide bonds. The Morgan fingerprint density at radius 1 is 1.10 bits per heavy atom. The second kappa shape index (κ2) is 6.83. The first-order valence-corrected chi connectivity index (χ1v) is 6.42. The maximum absolute atomic E-state index is 13.1. The summed E-state index contributed by atoms with van der Waals surface area (Å²) in [5.74, 6) is -1.61. The topological polar surface area (TPSA) is 38.3 Å². The Morgan fingerprint density at radius 3 is 2.33 bits per heavy atom.